The number of benzene rings is 2. The predicted molar refractivity (Wildman–Crippen MR) is 114 cm³/mol. The van der Waals surface area contributed by atoms with Crippen molar-refractivity contribution >= 4 is 34.5 Å². The number of carbonyl (C=O) groups excluding carboxylic acids is 2. The summed E-state index contributed by atoms with van der Waals surface area (Å²) in [6.45, 7) is 1.94. The zero-order chi connectivity index (χ0) is 20.9. The Kier molecular flexibility index (Phi) is 5.81. The van der Waals surface area contributed by atoms with Crippen LogP contribution in [0.1, 0.15) is 16.1 Å². The summed E-state index contributed by atoms with van der Waals surface area (Å²) in [5, 5.41) is 3.50. The normalized spacial score (nSPS) is 14.2. The summed E-state index contributed by atoms with van der Waals surface area (Å²) in [6, 6.07) is 14.6. The van der Waals surface area contributed by atoms with Crippen molar-refractivity contribution in [2.75, 3.05) is 38.7 Å². The Morgan fingerprint density at radius 3 is 2.70 bits per heavy atom. The fraction of sp³-hybridized carbons (Fsp3) is 0.217. The minimum Gasteiger partial charge on any atom is -0.497 e. The van der Waals surface area contributed by atoms with E-state index in [9.17, 15) is 9.59 Å². The van der Waals surface area contributed by atoms with Gasteiger partial charge in [0.2, 0.25) is 11.7 Å². The molecule has 1 aliphatic rings. The summed E-state index contributed by atoms with van der Waals surface area (Å²) in [5.74, 6) is 0.208. The number of anilines is 1. The number of ether oxygens (including phenoxy) is 2. The van der Waals surface area contributed by atoms with Crippen LogP contribution >= 0.6 is 0 Å². The Labute approximate surface area is 173 Å². The van der Waals surface area contributed by atoms with Crippen LogP contribution in [0.4, 0.5) is 5.69 Å². The van der Waals surface area contributed by atoms with E-state index in [2.05, 4.69) is 5.32 Å². The van der Waals surface area contributed by atoms with Gasteiger partial charge in [0.25, 0.3) is 5.91 Å². The minimum absolute atomic E-state index is 0.126. The lowest BCUT2D eigenvalue weighted by atomic mass is 10.2. The van der Waals surface area contributed by atoms with Crippen LogP contribution in [0, 0.1) is 0 Å². The number of furan rings is 1. The van der Waals surface area contributed by atoms with E-state index in [1.54, 1.807) is 24.2 Å². The molecule has 0 atom stereocenters. The Balaban J connectivity index is 1.60. The molecule has 154 valence electrons. The highest BCUT2D eigenvalue weighted by atomic mass is 16.5. The van der Waals surface area contributed by atoms with Gasteiger partial charge in [0.05, 0.1) is 20.3 Å². The number of carbonyl (C=O) groups is 2. The van der Waals surface area contributed by atoms with Crippen molar-refractivity contribution in [3.8, 4) is 5.75 Å². The van der Waals surface area contributed by atoms with Crippen LogP contribution < -0.4 is 10.1 Å². The maximum atomic E-state index is 13.0. The van der Waals surface area contributed by atoms with Gasteiger partial charge in [-0.2, -0.15) is 0 Å². The van der Waals surface area contributed by atoms with Crippen LogP contribution in [0.3, 0.4) is 0 Å². The number of hydrogen-bond acceptors (Lipinski definition) is 5. The number of nitrogens with one attached hydrogen (secondary N) is 1. The average molecular weight is 406 g/mol. The highest BCUT2D eigenvalue weighted by Gasteiger charge is 2.27. The Hall–Kier alpha value is -3.58. The number of methoxy groups -OCH3 is 1. The van der Waals surface area contributed by atoms with Gasteiger partial charge in [-0.3, -0.25) is 9.59 Å². The van der Waals surface area contributed by atoms with Gasteiger partial charge in [-0.1, -0.05) is 24.3 Å². The van der Waals surface area contributed by atoms with Gasteiger partial charge in [-0.05, 0) is 35.9 Å². The monoisotopic (exact) mass is 406 g/mol. The molecular weight excluding hydrogens is 384 g/mol. The predicted octanol–water partition coefficient (Wildman–Crippen LogP) is 3.57. The average Bonchev–Trinajstić information content (AvgIpc) is 3.16. The number of nitrogens with zero attached hydrogens (tertiary/aromatic N) is 1. The molecule has 1 aliphatic heterocycles. The molecule has 1 fully saturated rings. The molecule has 2 amide bonds. The second-order valence-corrected chi connectivity index (χ2v) is 6.81. The van der Waals surface area contributed by atoms with Gasteiger partial charge in [0, 0.05) is 24.6 Å². The Morgan fingerprint density at radius 1 is 1.10 bits per heavy atom. The number of fused-ring (bicyclic) bond motifs is 1. The molecule has 7 heteroatoms. The first kappa shape index (κ1) is 19.7. The summed E-state index contributed by atoms with van der Waals surface area (Å²) >= 11 is 0. The van der Waals surface area contributed by atoms with Crippen molar-refractivity contribution in [3.05, 3.63) is 65.9 Å². The topological polar surface area (TPSA) is 81.0 Å². The molecular formula is C23H22N2O5. The molecule has 4 rings (SSSR count). The van der Waals surface area contributed by atoms with Crippen molar-refractivity contribution in [1.82, 2.24) is 4.90 Å². The smallest absolute Gasteiger partial charge is 0.291 e. The second kappa shape index (κ2) is 8.84. The molecule has 1 saturated heterocycles. The highest BCUT2D eigenvalue weighted by Crippen LogP contribution is 2.32. The summed E-state index contributed by atoms with van der Waals surface area (Å²) < 4.78 is 16.3. The quantitative estimate of drug-likeness (QED) is 0.655. The zero-order valence-corrected chi connectivity index (χ0v) is 16.6. The number of rotatable bonds is 5. The molecule has 3 aromatic rings. The Morgan fingerprint density at radius 2 is 1.90 bits per heavy atom. The SMILES string of the molecule is COc1cccc(/C=C/C(=O)Nc2c(C(=O)N3CCOCC3)oc3ccccc23)c1. The third-order valence-corrected chi connectivity index (χ3v) is 4.86. The molecule has 1 aromatic heterocycles. The van der Waals surface area contributed by atoms with Crippen LogP contribution in [0.5, 0.6) is 5.75 Å². The molecule has 0 unspecified atom stereocenters. The van der Waals surface area contributed by atoms with E-state index in [1.165, 1.54) is 6.08 Å². The van der Waals surface area contributed by atoms with Crippen LogP contribution in [-0.2, 0) is 9.53 Å². The lowest BCUT2D eigenvalue weighted by Crippen LogP contribution is -2.40. The molecule has 0 spiro atoms. The van der Waals surface area contributed by atoms with Gasteiger partial charge < -0.3 is 24.1 Å². The third-order valence-electron chi connectivity index (χ3n) is 4.86. The molecule has 2 heterocycles. The van der Waals surface area contributed by atoms with E-state index in [0.717, 1.165) is 5.56 Å². The fourth-order valence-corrected chi connectivity index (χ4v) is 3.31. The Bertz CT molecular complexity index is 1100. The zero-order valence-electron chi connectivity index (χ0n) is 16.6. The summed E-state index contributed by atoms with van der Waals surface area (Å²) in [4.78, 5) is 27.3. The molecule has 2 aromatic carbocycles. The first-order valence-corrected chi connectivity index (χ1v) is 9.67. The van der Waals surface area contributed by atoms with Crippen molar-refractivity contribution in [2.45, 2.75) is 0 Å². The van der Waals surface area contributed by atoms with E-state index >= 15 is 0 Å². The van der Waals surface area contributed by atoms with Gasteiger partial charge in [0.1, 0.15) is 17.0 Å². The van der Waals surface area contributed by atoms with E-state index in [1.807, 2.05) is 42.5 Å². The largest absolute Gasteiger partial charge is 0.497 e. The standard InChI is InChI=1S/C23H22N2O5/c1-28-17-6-4-5-16(15-17)9-10-20(26)24-21-18-7-2-3-8-19(18)30-22(21)23(27)25-11-13-29-14-12-25/h2-10,15H,11-14H2,1H3,(H,24,26)/b10-9+. The second-order valence-electron chi connectivity index (χ2n) is 6.81. The van der Waals surface area contributed by atoms with Gasteiger partial charge in [-0.25, -0.2) is 0 Å². The van der Waals surface area contributed by atoms with Crippen molar-refractivity contribution < 1.29 is 23.5 Å². The molecule has 0 saturated carbocycles. The highest BCUT2D eigenvalue weighted by molar-refractivity contribution is 6.13. The number of para-hydroxylation sites is 1. The van der Waals surface area contributed by atoms with Crippen LogP contribution in [0.2, 0.25) is 0 Å². The van der Waals surface area contributed by atoms with Crippen molar-refractivity contribution in [2.24, 2.45) is 0 Å². The molecule has 0 radical (unpaired) electrons. The lowest BCUT2D eigenvalue weighted by molar-refractivity contribution is -0.111. The molecule has 1 N–H and O–H groups in total. The van der Waals surface area contributed by atoms with Gasteiger partial charge >= 0.3 is 0 Å². The first-order valence-electron chi connectivity index (χ1n) is 9.67. The van der Waals surface area contributed by atoms with E-state index in [4.69, 9.17) is 13.9 Å². The van der Waals surface area contributed by atoms with Crippen molar-refractivity contribution in [3.63, 3.8) is 0 Å². The van der Waals surface area contributed by atoms with Crippen LogP contribution in [0.15, 0.2) is 59.0 Å². The molecule has 30 heavy (non-hydrogen) atoms. The molecule has 0 aliphatic carbocycles. The van der Waals surface area contributed by atoms with E-state index < -0.39 is 0 Å². The van der Waals surface area contributed by atoms with E-state index in [0.29, 0.717) is 48.7 Å². The van der Waals surface area contributed by atoms with Crippen LogP contribution in [0.25, 0.3) is 17.0 Å². The minimum atomic E-state index is -0.361. The van der Waals surface area contributed by atoms with E-state index in [-0.39, 0.29) is 17.6 Å². The lowest BCUT2D eigenvalue weighted by Gasteiger charge is -2.26. The molecule has 7 nitrogen and oxygen atoms in total. The van der Waals surface area contributed by atoms with Gasteiger partial charge in [-0.15, -0.1) is 0 Å². The first-order chi connectivity index (χ1) is 14.7. The number of morpholine rings is 1. The summed E-state index contributed by atoms with van der Waals surface area (Å²) in [7, 11) is 1.59. The third kappa shape index (κ3) is 4.21. The van der Waals surface area contributed by atoms with Crippen molar-refractivity contribution in [1.29, 1.82) is 0 Å². The van der Waals surface area contributed by atoms with Crippen LogP contribution in [-0.4, -0.2) is 50.1 Å². The number of amides is 2. The summed E-state index contributed by atoms with van der Waals surface area (Å²) in [5.41, 5.74) is 1.75. The fourth-order valence-electron chi connectivity index (χ4n) is 3.31. The maximum Gasteiger partial charge on any atom is 0.291 e. The maximum absolute atomic E-state index is 13.0. The van der Waals surface area contributed by atoms with Gasteiger partial charge in [0.15, 0.2) is 0 Å². The molecule has 0 bridgehead atoms. The number of hydrogen-bond donors (Lipinski definition) is 1. The summed E-state index contributed by atoms with van der Waals surface area (Å²) in [6.07, 6.45) is 3.10.